The maximum atomic E-state index is 11.0. The summed E-state index contributed by atoms with van der Waals surface area (Å²) in [6.45, 7) is 7.77. The number of hydrogen-bond acceptors (Lipinski definition) is 2. The highest BCUT2D eigenvalue weighted by atomic mass is 32.2. The van der Waals surface area contributed by atoms with Gasteiger partial charge >= 0.3 is 0 Å². The molecule has 0 N–H and O–H groups in total. The van der Waals surface area contributed by atoms with Crippen LogP contribution in [-0.2, 0) is 4.79 Å². The Morgan fingerprint density at radius 1 is 1.46 bits per heavy atom. The zero-order valence-electron chi connectivity index (χ0n) is 8.71. The van der Waals surface area contributed by atoms with E-state index in [1.54, 1.807) is 0 Å². The van der Waals surface area contributed by atoms with Crippen molar-refractivity contribution in [2.45, 2.75) is 51.2 Å². The summed E-state index contributed by atoms with van der Waals surface area (Å²) in [5, 5.41) is 0.547. The van der Waals surface area contributed by atoms with Crippen LogP contribution in [0.4, 0.5) is 0 Å². The van der Waals surface area contributed by atoms with E-state index in [9.17, 15) is 4.79 Å². The summed E-state index contributed by atoms with van der Waals surface area (Å²) in [6, 6.07) is 0. The largest absolute Gasteiger partial charge is 0.282 e. The Kier molecular flexibility index (Phi) is 8.21. The van der Waals surface area contributed by atoms with Crippen LogP contribution in [0.15, 0.2) is 12.7 Å². The van der Waals surface area contributed by atoms with Crippen LogP contribution >= 0.6 is 11.8 Å². The molecule has 13 heavy (non-hydrogen) atoms. The van der Waals surface area contributed by atoms with Crippen molar-refractivity contribution >= 4 is 16.9 Å². The van der Waals surface area contributed by atoms with Gasteiger partial charge in [0, 0.05) is 5.25 Å². The van der Waals surface area contributed by atoms with Crippen LogP contribution in [0.2, 0.25) is 0 Å². The SMILES string of the molecule is C=CC(=O)SC(C)CCCCCC. The molecule has 1 atom stereocenters. The fourth-order valence-electron chi connectivity index (χ4n) is 1.16. The van der Waals surface area contributed by atoms with Gasteiger partial charge < -0.3 is 0 Å². The zero-order valence-corrected chi connectivity index (χ0v) is 9.53. The Balaban J connectivity index is 3.34. The molecule has 0 aromatic carbocycles. The maximum Gasteiger partial charge on any atom is 0.211 e. The van der Waals surface area contributed by atoms with E-state index in [1.807, 2.05) is 0 Å². The van der Waals surface area contributed by atoms with Crippen molar-refractivity contribution in [2.75, 3.05) is 0 Å². The summed E-state index contributed by atoms with van der Waals surface area (Å²) in [7, 11) is 0. The summed E-state index contributed by atoms with van der Waals surface area (Å²) in [5.74, 6) is 0. The van der Waals surface area contributed by atoms with Crippen LogP contribution in [0.5, 0.6) is 0 Å². The first-order chi connectivity index (χ1) is 6.20. The normalized spacial score (nSPS) is 12.5. The highest BCUT2D eigenvalue weighted by molar-refractivity contribution is 8.14. The van der Waals surface area contributed by atoms with Gasteiger partial charge in [-0.15, -0.1) is 0 Å². The Morgan fingerprint density at radius 2 is 2.15 bits per heavy atom. The first kappa shape index (κ1) is 12.8. The number of rotatable bonds is 7. The lowest BCUT2D eigenvalue weighted by atomic mass is 10.1. The van der Waals surface area contributed by atoms with Crippen molar-refractivity contribution in [1.82, 2.24) is 0 Å². The molecule has 0 aliphatic carbocycles. The third kappa shape index (κ3) is 8.10. The smallest absolute Gasteiger partial charge is 0.211 e. The zero-order chi connectivity index (χ0) is 10.1. The van der Waals surface area contributed by atoms with Crippen molar-refractivity contribution in [3.63, 3.8) is 0 Å². The standard InChI is InChI=1S/C11H20OS/c1-4-6-7-8-9-10(3)13-11(12)5-2/h5,10H,2,4,6-9H2,1,3H3. The first-order valence-electron chi connectivity index (χ1n) is 5.03. The van der Waals surface area contributed by atoms with Crippen LogP contribution in [0.1, 0.15) is 46.0 Å². The molecule has 1 nitrogen and oxygen atoms in total. The highest BCUT2D eigenvalue weighted by Crippen LogP contribution is 2.18. The van der Waals surface area contributed by atoms with Crippen LogP contribution in [0, 0.1) is 0 Å². The van der Waals surface area contributed by atoms with Gasteiger partial charge in [0.25, 0.3) is 0 Å². The van der Waals surface area contributed by atoms with Gasteiger partial charge in [0.1, 0.15) is 0 Å². The monoisotopic (exact) mass is 200 g/mol. The summed E-state index contributed by atoms with van der Waals surface area (Å²) in [4.78, 5) is 11.0. The van der Waals surface area contributed by atoms with E-state index in [2.05, 4.69) is 20.4 Å². The Hall–Kier alpha value is -0.240. The second kappa shape index (κ2) is 8.36. The van der Waals surface area contributed by atoms with Gasteiger partial charge in [-0.3, -0.25) is 4.79 Å². The molecule has 0 spiro atoms. The molecule has 0 aliphatic heterocycles. The van der Waals surface area contributed by atoms with E-state index in [0.717, 1.165) is 6.42 Å². The molecule has 76 valence electrons. The summed E-state index contributed by atoms with van der Waals surface area (Å²) < 4.78 is 0. The minimum Gasteiger partial charge on any atom is -0.282 e. The van der Waals surface area contributed by atoms with Crippen LogP contribution in [0.25, 0.3) is 0 Å². The summed E-state index contributed by atoms with van der Waals surface area (Å²) in [5.41, 5.74) is 0. The van der Waals surface area contributed by atoms with Crippen LogP contribution in [-0.4, -0.2) is 10.4 Å². The van der Waals surface area contributed by atoms with Crippen molar-refractivity contribution in [1.29, 1.82) is 0 Å². The molecule has 0 rings (SSSR count). The molecular weight excluding hydrogens is 180 g/mol. The predicted molar refractivity (Wildman–Crippen MR) is 61.0 cm³/mol. The average molecular weight is 200 g/mol. The molecule has 0 saturated heterocycles. The number of carbonyl (C=O) groups is 1. The van der Waals surface area contributed by atoms with Crippen LogP contribution in [0.3, 0.4) is 0 Å². The molecule has 0 fully saturated rings. The van der Waals surface area contributed by atoms with Crippen molar-refractivity contribution in [3.8, 4) is 0 Å². The maximum absolute atomic E-state index is 11.0. The van der Waals surface area contributed by atoms with E-state index in [-0.39, 0.29) is 5.12 Å². The highest BCUT2D eigenvalue weighted by Gasteiger charge is 2.05. The lowest BCUT2D eigenvalue weighted by Gasteiger charge is -2.07. The molecular formula is C11H20OS. The molecule has 0 radical (unpaired) electrons. The molecule has 0 amide bonds. The van der Waals surface area contributed by atoms with Gasteiger partial charge in [-0.05, 0) is 12.5 Å². The Labute approximate surface area is 86.0 Å². The van der Waals surface area contributed by atoms with Crippen molar-refractivity contribution in [3.05, 3.63) is 12.7 Å². The van der Waals surface area contributed by atoms with E-state index in [0.29, 0.717) is 5.25 Å². The predicted octanol–water partition coefficient (Wildman–Crippen LogP) is 3.79. The topological polar surface area (TPSA) is 17.1 Å². The average Bonchev–Trinajstić information content (AvgIpc) is 2.12. The van der Waals surface area contributed by atoms with Gasteiger partial charge in [-0.2, -0.15) is 0 Å². The van der Waals surface area contributed by atoms with E-state index >= 15 is 0 Å². The fraction of sp³-hybridized carbons (Fsp3) is 0.727. The Bertz CT molecular complexity index is 154. The fourth-order valence-corrected chi connectivity index (χ4v) is 1.94. The Morgan fingerprint density at radius 3 is 2.69 bits per heavy atom. The number of unbranched alkanes of at least 4 members (excludes halogenated alkanes) is 3. The van der Waals surface area contributed by atoms with E-state index in [1.165, 1.54) is 43.5 Å². The molecule has 0 heterocycles. The molecule has 0 saturated carbocycles. The number of carbonyl (C=O) groups excluding carboxylic acids is 1. The molecule has 2 heteroatoms. The molecule has 0 bridgehead atoms. The molecule has 0 aliphatic rings. The van der Waals surface area contributed by atoms with Crippen molar-refractivity contribution < 1.29 is 4.79 Å². The third-order valence-corrected chi connectivity index (χ3v) is 2.99. The molecule has 1 unspecified atom stereocenters. The van der Waals surface area contributed by atoms with Gasteiger partial charge in [0.15, 0.2) is 0 Å². The summed E-state index contributed by atoms with van der Waals surface area (Å²) in [6.07, 6.45) is 7.66. The summed E-state index contributed by atoms with van der Waals surface area (Å²) >= 11 is 1.40. The lowest BCUT2D eigenvalue weighted by Crippen LogP contribution is -2.00. The third-order valence-electron chi connectivity index (χ3n) is 1.95. The quantitative estimate of drug-likeness (QED) is 0.459. The van der Waals surface area contributed by atoms with Gasteiger partial charge in [0.05, 0.1) is 0 Å². The second-order valence-corrected chi connectivity index (χ2v) is 4.74. The van der Waals surface area contributed by atoms with E-state index < -0.39 is 0 Å². The minimum absolute atomic E-state index is 0.1000. The lowest BCUT2D eigenvalue weighted by molar-refractivity contribution is -0.107. The van der Waals surface area contributed by atoms with Crippen molar-refractivity contribution in [2.24, 2.45) is 0 Å². The first-order valence-corrected chi connectivity index (χ1v) is 5.91. The van der Waals surface area contributed by atoms with E-state index in [4.69, 9.17) is 0 Å². The second-order valence-electron chi connectivity index (χ2n) is 3.30. The van der Waals surface area contributed by atoms with Gasteiger partial charge in [-0.25, -0.2) is 0 Å². The molecule has 0 aromatic rings. The van der Waals surface area contributed by atoms with Crippen LogP contribution < -0.4 is 0 Å². The minimum atomic E-state index is 0.1000. The van der Waals surface area contributed by atoms with Gasteiger partial charge in [0.2, 0.25) is 5.12 Å². The number of thioether (sulfide) groups is 1. The van der Waals surface area contributed by atoms with Gasteiger partial charge in [-0.1, -0.05) is 57.9 Å². The number of hydrogen-bond donors (Lipinski definition) is 0. The molecule has 0 aromatic heterocycles.